The monoisotopic (exact) mass is 192 g/mol. The first kappa shape index (κ1) is 9.75. The summed E-state index contributed by atoms with van der Waals surface area (Å²) < 4.78 is 0.271. The summed E-state index contributed by atoms with van der Waals surface area (Å²) in [5.74, 6) is 2.93. The van der Waals surface area contributed by atoms with E-state index in [0.29, 0.717) is 12.5 Å². The molecule has 1 saturated heterocycles. The van der Waals surface area contributed by atoms with E-state index >= 15 is 0 Å². The van der Waals surface area contributed by atoms with Gasteiger partial charge in [-0.05, 0) is 24.9 Å². The van der Waals surface area contributed by atoms with Crippen LogP contribution in [0.25, 0.3) is 0 Å². The summed E-state index contributed by atoms with van der Waals surface area (Å²) in [5.41, 5.74) is 0. The first-order valence-corrected chi connectivity index (χ1v) is 6.05. The Hall–Kier alpha value is 0.660. The highest BCUT2D eigenvalue weighted by Crippen LogP contribution is 2.46. The third-order valence-electron chi connectivity index (χ3n) is 2.24. The Bertz CT molecular complexity index is 121. The van der Waals surface area contributed by atoms with Gasteiger partial charge in [0.2, 0.25) is 0 Å². The van der Waals surface area contributed by atoms with Crippen molar-refractivity contribution in [2.45, 2.75) is 24.3 Å². The lowest BCUT2D eigenvalue weighted by Gasteiger charge is -2.36. The van der Waals surface area contributed by atoms with Crippen LogP contribution in [0.1, 0.15) is 20.3 Å². The first-order chi connectivity index (χ1) is 5.19. The Balaban J connectivity index is 2.49. The van der Waals surface area contributed by atoms with Crippen molar-refractivity contribution in [2.24, 2.45) is 5.92 Å². The molecule has 0 radical (unpaired) electrons. The Labute approximate surface area is 77.3 Å². The number of rotatable bonds is 2. The van der Waals surface area contributed by atoms with E-state index in [1.807, 2.05) is 23.5 Å². The zero-order valence-corrected chi connectivity index (χ0v) is 8.80. The molecule has 1 fully saturated rings. The normalized spacial score (nSPS) is 26.5. The highest BCUT2D eigenvalue weighted by molar-refractivity contribution is 8.18. The predicted molar refractivity (Wildman–Crippen MR) is 54.2 cm³/mol. The van der Waals surface area contributed by atoms with Crippen molar-refractivity contribution in [3.05, 3.63) is 0 Å². The molecule has 3 heteroatoms. The van der Waals surface area contributed by atoms with Gasteiger partial charge in [-0.1, -0.05) is 6.92 Å². The van der Waals surface area contributed by atoms with Crippen molar-refractivity contribution >= 4 is 23.5 Å². The summed E-state index contributed by atoms with van der Waals surface area (Å²) in [6.07, 6.45) is 1.32. The van der Waals surface area contributed by atoms with Gasteiger partial charge in [0.25, 0.3) is 0 Å². The van der Waals surface area contributed by atoms with Crippen LogP contribution in [0.4, 0.5) is 0 Å². The van der Waals surface area contributed by atoms with Crippen LogP contribution < -0.4 is 0 Å². The summed E-state index contributed by atoms with van der Waals surface area (Å²) in [7, 11) is 0. The van der Waals surface area contributed by atoms with E-state index in [1.165, 1.54) is 17.9 Å². The minimum absolute atomic E-state index is 0.271. The zero-order valence-electron chi connectivity index (χ0n) is 7.17. The summed E-state index contributed by atoms with van der Waals surface area (Å²) in [5, 5.41) is 9.03. The molecule has 1 aliphatic heterocycles. The molecule has 0 aromatic carbocycles. The van der Waals surface area contributed by atoms with Gasteiger partial charge >= 0.3 is 0 Å². The molecule has 0 amide bonds. The lowest BCUT2D eigenvalue weighted by atomic mass is 10.1. The minimum atomic E-state index is 0.271. The summed E-state index contributed by atoms with van der Waals surface area (Å²) in [6.45, 7) is 4.70. The van der Waals surface area contributed by atoms with Crippen LogP contribution in [0.5, 0.6) is 0 Å². The van der Waals surface area contributed by atoms with E-state index in [2.05, 4.69) is 13.8 Å². The van der Waals surface area contributed by atoms with E-state index in [-0.39, 0.29) is 4.08 Å². The van der Waals surface area contributed by atoms with Crippen molar-refractivity contribution in [3.63, 3.8) is 0 Å². The lowest BCUT2D eigenvalue weighted by molar-refractivity contribution is 0.231. The molecule has 1 N–H and O–H groups in total. The van der Waals surface area contributed by atoms with Crippen LogP contribution in [0.15, 0.2) is 0 Å². The fourth-order valence-electron chi connectivity index (χ4n) is 1.10. The van der Waals surface area contributed by atoms with Gasteiger partial charge in [0.05, 0.1) is 4.08 Å². The van der Waals surface area contributed by atoms with Crippen molar-refractivity contribution < 1.29 is 5.11 Å². The number of hydrogen-bond donors (Lipinski definition) is 1. The zero-order chi connectivity index (χ0) is 8.32. The van der Waals surface area contributed by atoms with Gasteiger partial charge in [0.15, 0.2) is 0 Å². The van der Waals surface area contributed by atoms with E-state index in [9.17, 15) is 0 Å². The largest absolute Gasteiger partial charge is 0.396 e. The van der Waals surface area contributed by atoms with E-state index in [0.717, 1.165) is 0 Å². The van der Waals surface area contributed by atoms with Crippen molar-refractivity contribution in [2.75, 3.05) is 18.1 Å². The molecule has 66 valence electrons. The van der Waals surface area contributed by atoms with Gasteiger partial charge in [-0.2, -0.15) is 0 Å². The van der Waals surface area contributed by atoms with Crippen LogP contribution in [0.2, 0.25) is 0 Å². The summed E-state index contributed by atoms with van der Waals surface area (Å²) in [4.78, 5) is 0. The predicted octanol–water partition coefficient (Wildman–Crippen LogP) is 2.20. The van der Waals surface area contributed by atoms with Crippen LogP contribution in [-0.4, -0.2) is 27.3 Å². The molecule has 1 atom stereocenters. The third-order valence-corrected chi connectivity index (χ3v) is 5.88. The molecule has 1 unspecified atom stereocenters. The van der Waals surface area contributed by atoms with E-state index < -0.39 is 0 Å². The Morgan fingerprint density at radius 2 is 2.00 bits per heavy atom. The average molecular weight is 192 g/mol. The van der Waals surface area contributed by atoms with Gasteiger partial charge in [0.1, 0.15) is 0 Å². The van der Waals surface area contributed by atoms with Crippen LogP contribution in [-0.2, 0) is 0 Å². The third kappa shape index (κ3) is 2.30. The van der Waals surface area contributed by atoms with Gasteiger partial charge in [0, 0.05) is 12.5 Å². The molecule has 1 nitrogen and oxygen atoms in total. The van der Waals surface area contributed by atoms with Crippen molar-refractivity contribution in [3.8, 4) is 0 Å². The maximum absolute atomic E-state index is 9.03. The minimum Gasteiger partial charge on any atom is -0.396 e. The topological polar surface area (TPSA) is 20.2 Å². The SMILES string of the molecule is CC(CO)C1(C)SCCCS1. The lowest BCUT2D eigenvalue weighted by Crippen LogP contribution is -2.31. The highest BCUT2D eigenvalue weighted by Gasteiger charge is 2.33. The molecular formula is C8H16OS2. The van der Waals surface area contributed by atoms with Gasteiger partial charge in [-0.3, -0.25) is 0 Å². The fourth-order valence-corrected chi connectivity index (χ4v) is 4.22. The molecule has 0 aromatic rings. The fraction of sp³-hybridized carbons (Fsp3) is 1.00. The van der Waals surface area contributed by atoms with E-state index in [1.54, 1.807) is 0 Å². The van der Waals surface area contributed by atoms with Gasteiger partial charge in [-0.15, -0.1) is 23.5 Å². The second kappa shape index (κ2) is 4.06. The maximum atomic E-state index is 9.03. The van der Waals surface area contributed by atoms with E-state index in [4.69, 9.17) is 5.11 Å². The smallest absolute Gasteiger partial charge is 0.0630 e. The average Bonchev–Trinajstić information content (AvgIpc) is 2.04. The standard InChI is InChI=1S/C8H16OS2/c1-7(6-9)8(2)10-4-3-5-11-8/h7,9H,3-6H2,1-2H3. The van der Waals surface area contributed by atoms with Gasteiger partial charge in [-0.25, -0.2) is 0 Å². The van der Waals surface area contributed by atoms with Crippen LogP contribution in [0, 0.1) is 5.92 Å². The Morgan fingerprint density at radius 1 is 1.45 bits per heavy atom. The quantitative estimate of drug-likeness (QED) is 0.724. The Morgan fingerprint density at radius 3 is 2.45 bits per heavy atom. The molecule has 1 rings (SSSR count). The van der Waals surface area contributed by atoms with Crippen molar-refractivity contribution in [1.82, 2.24) is 0 Å². The van der Waals surface area contributed by atoms with Gasteiger partial charge < -0.3 is 5.11 Å². The number of thioether (sulfide) groups is 2. The summed E-state index contributed by atoms with van der Waals surface area (Å²) in [6, 6.07) is 0. The molecule has 1 aliphatic rings. The molecule has 1 heterocycles. The molecule has 11 heavy (non-hydrogen) atoms. The number of aliphatic hydroxyl groups excluding tert-OH is 1. The molecule has 0 saturated carbocycles. The Kier molecular flexibility index (Phi) is 3.59. The second-order valence-electron chi connectivity index (χ2n) is 3.15. The number of hydrogen-bond acceptors (Lipinski definition) is 3. The molecule has 0 aromatic heterocycles. The second-order valence-corrected chi connectivity index (χ2v) is 6.50. The summed E-state index contributed by atoms with van der Waals surface area (Å²) >= 11 is 4.00. The maximum Gasteiger partial charge on any atom is 0.0630 e. The highest BCUT2D eigenvalue weighted by atomic mass is 32.2. The first-order valence-electron chi connectivity index (χ1n) is 4.08. The number of aliphatic hydroxyl groups is 1. The van der Waals surface area contributed by atoms with Crippen LogP contribution >= 0.6 is 23.5 Å². The molecule has 0 spiro atoms. The molecular weight excluding hydrogens is 176 g/mol. The molecule has 0 aliphatic carbocycles. The molecule has 0 bridgehead atoms. The van der Waals surface area contributed by atoms with Crippen molar-refractivity contribution in [1.29, 1.82) is 0 Å². The van der Waals surface area contributed by atoms with Crippen LogP contribution in [0.3, 0.4) is 0 Å².